The number of rotatable bonds is 5. The number of hydrogen-bond donors (Lipinski definition) is 1. The monoisotopic (exact) mass is 458 g/mol. The van der Waals surface area contributed by atoms with Gasteiger partial charge in [-0.15, -0.1) is 0 Å². The van der Waals surface area contributed by atoms with Crippen molar-refractivity contribution >= 4 is 0 Å². The van der Waals surface area contributed by atoms with E-state index in [4.69, 9.17) is 9.47 Å². The Kier molecular flexibility index (Phi) is 5.95. The van der Waals surface area contributed by atoms with Crippen molar-refractivity contribution in [2.45, 2.75) is 136 Å². The third kappa shape index (κ3) is 4.06. The zero-order valence-electron chi connectivity index (χ0n) is 22.5. The fourth-order valence-electron chi connectivity index (χ4n) is 9.67. The minimum Gasteiger partial charge on any atom is -0.390 e. The van der Waals surface area contributed by atoms with Gasteiger partial charge in [0.2, 0.25) is 0 Å². The summed E-state index contributed by atoms with van der Waals surface area (Å²) >= 11 is 0. The van der Waals surface area contributed by atoms with Crippen LogP contribution in [0.2, 0.25) is 0 Å². The van der Waals surface area contributed by atoms with Crippen LogP contribution in [0.1, 0.15) is 113 Å². The quantitative estimate of drug-likeness (QED) is 0.440. The van der Waals surface area contributed by atoms with Crippen LogP contribution >= 0.6 is 0 Å². The standard InChI is InChI=1S/C30H50O3/c1-19(9-8-16-27(2,3)31)21-12-13-22-20-10-11-24-26-25(32-28(4,5)33-26)15-18-30(24,7)23(20)14-17-29(21,22)6/h11,19-23,25-26,31H,8-10,12-18H2,1-7H3/t19-,20+,21-,22+,23+,25+,26-,29-,30-/m1/s1. The Morgan fingerprint density at radius 3 is 2.52 bits per heavy atom. The number of hydrogen-bond acceptors (Lipinski definition) is 3. The highest BCUT2D eigenvalue weighted by Crippen LogP contribution is 2.68. The summed E-state index contributed by atoms with van der Waals surface area (Å²) in [6, 6.07) is 0. The van der Waals surface area contributed by atoms with Crippen molar-refractivity contribution in [2.75, 3.05) is 0 Å². The molecule has 1 heterocycles. The zero-order valence-corrected chi connectivity index (χ0v) is 22.5. The molecule has 5 rings (SSSR count). The van der Waals surface area contributed by atoms with E-state index in [0.717, 1.165) is 48.9 Å². The van der Waals surface area contributed by atoms with Crippen molar-refractivity contribution in [1.29, 1.82) is 0 Å². The van der Waals surface area contributed by atoms with Crippen molar-refractivity contribution in [3.05, 3.63) is 11.6 Å². The van der Waals surface area contributed by atoms with Gasteiger partial charge in [0.05, 0.1) is 11.7 Å². The van der Waals surface area contributed by atoms with E-state index < -0.39 is 11.4 Å². The number of ether oxygens (including phenoxy) is 2. The van der Waals surface area contributed by atoms with Gasteiger partial charge in [0.15, 0.2) is 5.79 Å². The van der Waals surface area contributed by atoms with E-state index in [2.05, 4.69) is 40.7 Å². The van der Waals surface area contributed by atoms with Gasteiger partial charge < -0.3 is 14.6 Å². The summed E-state index contributed by atoms with van der Waals surface area (Å²) in [7, 11) is 0. The van der Waals surface area contributed by atoms with Crippen molar-refractivity contribution in [1.82, 2.24) is 0 Å². The maximum atomic E-state index is 10.1. The molecule has 0 spiro atoms. The lowest BCUT2D eigenvalue weighted by Gasteiger charge is -2.59. The maximum Gasteiger partial charge on any atom is 0.164 e. The van der Waals surface area contributed by atoms with Crippen molar-refractivity contribution in [2.24, 2.45) is 40.4 Å². The van der Waals surface area contributed by atoms with Gasteiger partial charge in [-0.2, -0.15) is 0 Å². The van der Waals surface area contributed by atoms with Crippen molar-refractivity contribution in [3.8, 4) is 0 Å². The first-order valence-electron chi connectivity index (χ1n) is 14.1. The van der Waals surface area contributed by atoms with Gasteiger partial charge in [-0.25, -0.2) is 0 Å². The van der Waals surface area contributed by atoms with E-state index in [1.54, 1.807) is 5.57 Å². The molecule has 5 aliphatic rings. The van der Waals surface area contributed by atoms with E-state index in [1.807, 2.05) is 13.8 Å². The molecular formula is C30H50O3. The van der Waals surface area contributed by atoms with Crippen LogP contribution in [0, 0.1) is 40.4 Å². The van der Waals surface area contributed by atoms with Gasteiger partial charge in [0.1, 0.15) is 6.10 Å². The first-order valence-corrected chi connectivity index (χ1v) is 14.1. The van der Waals surface area contributed by atoms with Crippen molar-refractivity contribution in [3.63, 3.8) is 0 Å². The molecule has 0 aromatic heterocycles. The SMILES string of the molecule is C[C@H](CCCC(C)(C)O)[C@H]1CC[C@H]2[C@@H]3CC=C4[C@H]5OC(C)(C)O[C@H]5CC[C@]4(C)[C@H]3CC[C@]12C. The van der Waals surface area contributed by atoms with Gasteiger partial charge in [-0.05, 0) is 125 Å². The van der Waals surface area contributed by atoms with Crippen LogP contribution < -0.4 is 0 Å². The van der Waals surface area contributed by atoms with Crippen LogP contribution in [0.5, 0.6) is 0 Å². The third-order valence-corrected chi connectivity index (χ3v) is 11.2. The predicted octanol–water partition coefficient (Wildman–Crippen LogP) is 7.27. The van der Waals surface area contributed by atoms with Crippen LogP contribution in [0.3, 0.4) is 0 Å². The molecule has 4 fully saturated rings. The van der Waals surface area contributed by atoms with Crippen LogP contribution in [-0.2, 0) is 9.47 Å². The van der Waals surface area contributed by atoms with Gasteiger partial charge in [0.25, 0.3) is 0 Å². The average Bonchev–Trinajstić information content (AvgIpc) is 3.21. The van der Waals surface area contributed by atoms with E-state index >= 15 is 0 Å². The van der Waals surface area contributed by atoms with E-state index in [1.165, 1.54) is 44.9 Å². The molecule has 4 aliphatic carbocycles. The molecule has 3 heteroatoms. The fraction of sp³-hybridized carbons (Fsp3) is 0.933. The predicted molar refractivity (Wildman–Crippen MR) is 134 cm³/mol. The second-order valence-electron chi connectivity index (χ2n) is 14.2. The highest BCUT2D eigenvalue weighted by atomic mass is 16.8. The molecule has 188 valence electrons. The smallest absolute Gasteiger partial charge is 0.164 e. The molecule has 0 aromatic rings. The van der Waals surface area contributed by atoms with Crippen LogP contribution in [-0.4, -0.2) is 28.7 Å². The lowest BCUT2D eigenvalue weighted by atomic mass is 9.46. The second-order valence-corrected chi connectivity index (χ2v) is 14.2. The molecule has 0 bridgehead atoms. The second kappa shape index (κ2) is 8.07. The Morgan fingerprint density at radius 2 is 1.79 bits per heavy atom. The van der Waals surface area contributed by atoms with Gasteiger partial charge >= 0.3 is 0 Å². The highest BCUT2D eigenvalue weighted by Gasteiger charge is 2.61. The molecule has 9 atom stereocenters. The first kappa shape index (κ1) is 24.3. The summed E-state index contributed by atoms with van der Waals surface area (Å²) in [6.07, 6.45) is 15.7. The molecular weight excluding hydrogens is 408 g/mol. The topological polar surface area (TPSA) is 38.7 Å². The minimum absolute atomic E-state index is 0.181. The van der Waals surface area contributed by atoms with Crippen molar-refractivity contribution < 1.29 is 14.6 Å². The summed E-state index contributed by atoms with van der Waals surface area (Å²) in [5, 5.41) is 10.1. The van der Waals surface area contributed by atoms with Crippen LogP contribution in [0.15, 0.2) is 11.6 Å². The Bertz CT molecular complexity index is 778. The summed E-state index contributed by atoms with van der Waals surface area (Å²) in [4.78, 5) is 0. The number of allylic oxidation sites excluding steroid dienone is 1. The zero-order chi connectivity index (χ0) is 23.8. The normalized spacial score (nSPS) is 47.2. The molecule has 0 aromatic carbocycles. The molecule has 33 heavy (non-hydrogen) atoms. The van der Waals surface area contributed by atoms with E-state index in [-0.39, 0.29) is 12.2 Å². The van der Waals surface area contributed by atoms with E-state index in [9.17, 15) is 5.11 Å². The summed E-state index contributed by atoms with van der Waals surface area (Å²) in [5.41, 5.74) is 1.86. The molecule has 1 saturated heterocycles. The number of aliphatic hydroxyl groups is 1. The molecule has 1 N–H and O–H groups in total. The average molecular weight is 459 g/mol. The first-order chi connectivity index (χ1) is 15.3. The van der Waals surface area contributed by atoms with E-state index in [0.29, 0.717) is 10.8 Å². The summed E-state index contributed by atoms with van der Waals surface area (Å²) in [5.74, 6) is 3.72. The summed E-state index contributed by atoms with van der Waals surface area (Å²) < 4.78 is 12.8. The molecule has 0 radical (unpaired) electrons. The van der Waals surface area contributed by atoms with Crippen LogP contribution in [0.4, 0.5) is 0 Å². The van der Waals surface area contributed by atoms with Gasteiger partial charge in [-0.1, -0.05) is 39.7 Å². The largest absolute Gasteiger partial charge is 0.390 e. The lowest BCUT2D eigenvalue weighted by Crippen LogP contribution is -2.53. The highest BCUT2D eigenvalue weighted by molar-refractivity contribution is 5.30. The minimum atomic E-state index is -0.524. The third-order valence-electron chi connectivity index (χ3n) is 11.2. The molecule has 0 amide bonds. The van der Waals surface area contributed by atoms with Gasteiger partial charge in [-0.3, -0.25) is 0 Å². The Hall–Kier alpha value is -0.380. The number of fused-ring (bicyclic) bond motifs is 7. The Labute approximate surface area is 203 Å². The van der Waals surface area contributed by atoms with Crippen LogP contribution in [0.25, 0.3) is 0 Å². The fourth-order valence-corrected chi connectivity index (χ4v) is 9.67. The maximum absolute atomic E-state index is 10.1. The lowest BCUT2D eigenvalue weighted by molar-refractivity contribution is -0.143. The molecule has 0 unspecified atom stereocenters. The van der Waals surface area contributed by atoms with Gasteiger partial charge in [0, 0.05) is 0 Å². The molecule has 3 nitrogen and oxygen atoms in total. The molecule has 1 aliphatic heterocycles. The summed E-state index contributed by atoms with van der Waals surface area (Å²) in [6.45, 7) is 15.8. The molecule has 3 saturated carbocycles. The Balaban J connectivity index is 1.32. The Morgan fingerprint density at radius 1 is 1.03 bits per heavy atom.